The molecule has 0 bridgehead atoms. The lowest BCUT2D eigenvalue weighted by atomic mass is 10.0. The quantitative estimate of drug-likeness (QED) is 0.888. The van der Waals surface area contributed by atoms with Gasteiger partial charge in [0.05, 0.1) is 17.7 Å². The van der Waals surface area contributed by atoms with E-state index >= 15 is 0 Å². The van der Waals surface area contributed by atoms with Gasteiger partial charge < -0.3 is 10.4 Å². The van der Waals surface area contributed by atoms with E-state index in [1.807, 2.05) is 30.3 Å². The van der Waals surface area contributed by atoms with Crippen LogP contribution in [0.1, 0.15) is 30.1 Å². The second-order valence-electron chi connectivity index (χ2n) is 6.36. The molecule has 1 fully saturated rings. The first-order valence-electron chi connectivity index (χ1n) is 8.46. The summed E-state index contributed by atoms with van der Waals surface area (Å²) in [6, 6.07) is 20.0. The van der Waals surface area contributed by atoms with Crippen LogP contribution in [0, 0.1) is 11.3 Å². The summed E-state index contributed by atoms with van der Waals surface area (Å²) >= 11 is 0. The zero-order valence-corrected chi connectivity index (χ0v) is 13.7. The monoisotopic (exact) mass is 321 g/mol. The van der Waals surface area contributed by atoms with E-state index in [0.29, 0.717) is 18.2 Å². The summed E-state index contributed by atoms with van der Waals surface area (Å²) in [4.78, 5) is 2.31. The Morgan fingerprint density at radius 2 is 1.92 bits per heavy atom. The minimum Gasteiger partial charge on any atom is -0.387 e. The molecular weight excluding hydrogens is 298 g/mol. The van der Waals surface area contributed by atoms with E-state index in [1.165, 1.54) is 0 Å². The van der Waals surface area contributed by atoms with Gasteiger partial charge in [-0.05, 0) is 49.2 Å². The van der Waals surface area contributed by atoms with Gasteiger partial charge in [0.15, 0.2) is 0 Å². The van der Waals surface area contributed by atoms with Gasteiger partial charge in [0.25, 0.3) is 0 Å². The first kappa shape index (κ1) is 16.5. The van der Waals surface area contributed by atoms with Crippen molar-refractivity contribution in [1.29, 1.82) is 5.26 Å². The third kappa shape index (κ3) is 4.35. The second-order valence-corrected chi connectivity index (χ2v) is 6.36. The van der Waals surface area contributed by atoms with Crippen LogP contribution in [0.15, 0.2) is 54.6 Å². The summed E-state index contributed by atoms with van der Waals surface area (Å²) in [6.45, 7) is 2.57. The number of β-amino-alcohol motifs (C(OH)–C–C–N with tert-alkyl or cyclic N) is 1. The largest absolute Gasteiger partial charge is 0.387 e. The minimum absolute atomic E-state index is 0.411. The van der Waals surface area contributed by atoms with Crippen LogP contribution in [0.4, 0.5) is 5.69 Å². The highest BCUT2D eigenvalue weighted by molar-refractivity contribution is 5.43. The van der Waals surface area contributed by atoms with Crippen LogP contribution in [0.25, 0.3) is 0 Å². The lowest BCUT2D eigenvalue weighted by Crippen LogP contribution is -2.43. The number of nitrogens with one attached hydrogen (secondary N) is 1. The summed E-state index contributed by atoms with van der Waals surface area (Å²) in [7, 11) is 0. The van der Waals surface area contributed by atoms with E-state index in [4.69, 9.17) is 5.26 Å². The number of para-hydroxylation sites is 1. The fraction of sp³-hybridized carbons (Fsp3) is 0.350. The Morgan fingerprint density at radius 3 is 2.62 bits per heavy atom. The number of nitriles is 1. The topological polar surface area (TPSA) is 59.3 Å². The number of rotatable bonds is 5. The van der Waals surface area contributed by atoms with Crippen LogP contribution in [0.3, 0.4) is 0 Å². The smallest absolute Gasteiger partial charge is 0.0991 e. The Kier molecular flexibility index (Phi) is 5.47. The number of likely N-dealkylation sites (tertiary alicyclic amines) is 1. The van der Waals surface area contributed by atoms with Crippen molar-refractivity contribution in [3.63, 3.8) is 0 Å². The summed E-state index contributed by atoms with van der Waals surface area (Å²) in [5, 5.41) is 22.9. The number of hydrogen-bond donors (Lipinski definition) is 2. The minimum atomic E-state index is -0.520. The van der Waals surface area contributed by atoms with Crippen molar-refractivity contribution in [2.75, 3.05) is 25.0 Å². The highest BCUT2D eigenvalue weighted by atomic mass is 16.3. The predicted octanol–water partition coefficient (Wildman–Crippen LogP) is 3.17. The van der Waals surface area contributed by atoms with Gasteiger partial charge in [-0.25, -0.2) is 0 Å². The Labute approximate surface area is 143 Å². The predicted molar refractivity (Wildman–Crippen MR) is 95.6 cm³/mol. The molecule has 2 aromatic rings. The van der Waals surface area contributed by atoms with Crippen LogP contribution >= 0.6 is 0 Å². The molecule has 0 aliphatic carbocycles. The molecule has 0 aromatic heterocycles. The molecule has 0 spiro atoms. The summed E-state index contributed by atoms with van der Waals surface area (Å²) in [5.41, 5.74) is 2.64. The third-order valence-electron chi connectivity index (χ3n) is 4.51. The number of hydrogen-bond acceptors (Lipinski definition) is 4. The van der Waals surface area contributed by atoms with Crippen molar-refractivity contribution < 1.29 is 5.11 Å². The molecule has 2 aromatic carbocycles. The molecule has 2 atom stereocenters. The molecule has 2 unspecified atom stereocenters. The number of piperidine rings is 1. The molecule has 0 radical (unpaired) electrons. The molecule has 24 heavy (non-hydrogen) atoms. The number of benzene rings is 2. The van der Waals surface area contributed by atoms with E-state index in [0.717, 1.165) is 37.2 Å². The van der Waals surface area contributed by atoms with E-state index < -0.39 is 6.10 Å². The molecule has 4 nitrogen and oxygen atoms in total. The van der Waals surface area contributed by atoms with Crippen molar-refractivity contribution in [1.82, 2.24) is 4.90 Å². The second kappa shape index (κ2) is 7.96. The Hall–Kier alpha value is -2.35. The molecule has 1 heterocycles. The number of anilines is 1. The number of nitrogens with zero attached hydrogens (tertiary/aromatic N) is 2. The van der Waals surface area contributed by atoms with E-state index in [-0.39, 0.29) is 0 Å². The maximum atomic E-state index is 10.5. The van der Waals surface area contributed by atoms with Crippen molar-refractivity contribution >= 4 is 5.69 Å². The van der Waals surface area contributed by atoms with Crippen LogP contribution < -0.4 is 5.32 Å². The lowest BCUT2D eigenvalue weighted by Gasteiger charge is -2.34. The molecule has 2 N–H and O–H groups in total. The number of aliphatic hydroxyl groups is 1. The van der Waals surface area contributed by atoms with Crippen LogP contribution in [-0.4, -0.2) is 35.7 Å². The van der Waals surface area contributed by atoms with Gasteiger partial charge in [-0.15, -0.1) is 0 Å². The van der Waals surface area contributed by atoms with Gasteiger partial charge in [-0.3, -0.25) is 4.90 Å². The standard InChI is InChI=1S/C20H23N3O/c21-13-16-8-10-17(11-9-16)20(24)15-23-12-4-7-19(14-23)22-18-5-2-1-3-6-18/h1-3,5-6,8-11,19-20,22,24H,4,7,12,14-15H2. The molecule has 3 rings (SSSR count). The zero-order chi connectivity index (χ0) is 16.8. The Balaban J connectivity index is 1.55. The van der Waals surface area contributed by atoms with Crippen LogP contribution in [0.5, 0.6) is 0 Å². The third-order valence-corrected chi connectivity index (χ3v) is 4.51. The van der Waals surface area contributed by atoms with Crippen LogP contribution in [-0.2, 0) is 0 Å². The van der Waals surface area contributed by atoms with E-state index in [9.17, 15) is 5.11 Å². The summed E-state index contributed by atoms with van der Waals surface area (Å²) in [5.74, 6) is 0. The average molecular weight is 321 g/mol. The maximum Gasteiger partial charge on any atom is 0.0991 e. The highest BCUT2D eigenvalue weighted by Crippen LogP contribution is 2.20. The molecule has 0 amide bonds. The maximum absolute atomic E-state index is 10.5. The van der Waals surface area contributed by atoms with Crippen molar-refractivity contribution in [3.05, 3.63) is 65.7 Å². The molecule has 4 heteroatoms. The fourth-order valence-corrected chi connectivity index (χ4v) is 3.24. The summed E-state index contributed by atoms with van der Waals surface area (Å²) < 4.78 is 0. The van der Waals surface area contributed by atoms with Crippen molar-refractivity contribution in [2.45, 2.75) is 25.0 Å². The molecule has 0 saturated carbocycles. The SMILES string of the molecule is N#Cc1ccc(C(O)CN2CCCC(Nc3ccccc3)C2)cc1. The Bertz CT molecular complexity index is 678. The van der Waals surface area contributed by atoms with Crippen molar-refractivity contribution in [3.8, 4) is 6.07 Å². The first-order valence-corrected chi connectivity index (χ1v) is 8.46. The van der Waals surface area contributed by atoms with Gasteiger partial charge in [0.1, 0.15) is 0 Å². The molecule has 1 aliphatic heterocycles. The van der Waals surface area contributed by atoms with E-state index in [1.54, 1.807) is 12.1 Å². The molecule has 1 aliphatic rings. The Morgan fingerprint density at radius 1 is 1.17 bits per heavy atom. The van der Waals surface area contributed by atoms with Gasteiger partial charge >= 0.3 is 0 Å². The van der Waals surface area contributed by atoms with Crippen LogP contribution in [0.2, 0.25) is 0 Å². The fourth-order valence-electron chi connectivity index (χ4n) is 3.24. The zero-order valence-electron chi connectivity index (χ0n) is 13.7. The highest BCUT2D eigenvalue weighted by Gasteiger charge is 2.22. The normalized spacial score (nSPS) is 19.4. The van der Waals surface area contributed by atoms with Gasteiger partial charge in [0, 0.05) is 24.8 Å². The van der Waals surface area contributed by atoms with Gasteiger partial charge in [0.2, 0.25) is 0 Å². The molecular formula is C20H23N3O. The average Bonchev–Trinajstić information content (AvgIpc) is 2.63. The van der Waals surface area contributed by atoms with Gasteiger partial charge in [-0.1, -0.05) is 30.3 Å². The summed E-state index contributed by atoms with van der Waals surface area (Å²) in [6.07, 6.45) is 1.76. The molecule has 1 saturated heterocycles. The number of aliphatic hydroxyl groups excluding tert-OH is 1. The first-order chi connectivity index (χ1) is 11.7. The van der Waals surface area contributed by atoms with Gasteiger partial charge in [-0.2, -0.15) is 5.26 Å². The van der Waals surface area contributed by atoms with E-state index in [2.05, 4.69) is 28.4 Å². The molecule has 124 valence electrons. The lowest BCUT2D eigenvalue weighted by molar-refractivity contribution is 0.0982. The van der Waals surface area contributed by atoms with Crippen molar-refractivity contribution in [2.24, 2.45) is 0 Å².